The van der Waals surface area contributed by atoms with Gasteiger partial charge in [0.15, 0.2) is 0 Å². The fourth-order valence-electron chi connectivity index (χ4n) is 2.84. The number of carbonyl (C=O) groups excluding carboxylic acids is 2. The van der Waals surface area contributed by atoms with Crippen LogP contribution in [0.4, 0.5) is 0 Å². The van der Waals surface area contributed by atoms with Crippen LogP contribution in [0.3, 0.4) is 0 Å². The quantitative estimate of drug-likeness (QED) is 0.415. The first kappa shape index (κ1) is 25.4. The summed E-state index contributed by atoms with van der Waals surface area (Å²) in [7, 11) is 0. The summed E-state index contributed by atoms with van der Waals surface area (Å²) in [4.78, 5) is 27.5. The van der Waals surface area contributed by atoms with Crippen LogP contribution in [-0.2, 0) is 19.1 Å². The van der Waals surface area contributed by atoms with Gasteiger partial charge in [-0.15, -0.1) is 13.2 Å². The number of hydrogen-bond donors (Lipinski definition) is 0. The summed E-state index contributed by atoms with van der Waals surface area (Å²) in [5, 5.41) is 0. The Hall–Kier alpha value is -1.62. The minimum absolute atomic E-state index is 0.309. The normalized spacial score (nSPS) is 15.6. The standard InChI is InChI=1S/C22H39NO4/c1-11-13-23(14-12-2)16-22(10,19(25)27-21(7,8)9)15-17(3)18(24)26-20(4,5)6/h11-12,17H,1-2,13-16H2,3-10H3. The maximum Gasteiger partial charge on any atom is 0.313 e. The van der Waals surface area contributed by atoms with Crippen molar-refractivity contribution in [2.75, 3.05) is 19.6 Å². The van der Waals surface area contributed by atoms with E-state index in [4.69, 9.17) is 9.47 Å². The highest BCUT2D eigenvalue weighted by atomic mass is 16.6. The Bertz CT molecular complexity index is 517. The van der Waals surface area contributed by atoms with Crippen LogP contribution >= 0.6 is 0 Å². The molecule has 5 nitrogen and oxygen atoms in total. The number of carbonyl (C=O) groups is 2. The molecule has 2 atom stereocenters. The molecule has 0 saturated carbocycles. The highest BCUT2D eigenvalue weighted by molar-refractivity contribution is 5.79. The van der Waals surface area contributed by atoms with Gasteiger partial charge in [-0.2, -0.15) is 0 Å². The van der Waals surface area contributed by atoms with E-state index < -0.39 is 22.5 Å². The van der Waals surface area contributed by atoms with Crippen LogP contribution in [0.5, 0.6) is 0 Å². The van der Waals surface area contributed by atoms with Gasteiger partial charge in [0.2, 0.25) is 0 Å². The molecule has 0 rings (SSSR count). The second kappa shape index (κ2) is 10.1. The molecule has 27 heavy (non-hydrogen) atoms. The molecule has 0 aliphatic rings. The lowest BCUT2D eigenvalue weighted by Crippen LogP contribution is -2.46. The molecule has 0 radical (unpaired) electrons. The Morgan fingerprint density at radius 3 is 1.74 bits per heavy atom. The van der Waals surface area contributed by atoms with E-state index >= 15 is 0 Å². The van der Waals surface area contributed by atoms with Gasteiger partial charge in [-0.25, -0.2) is 0 Å². The molecule has 0 saturated heterocycles. The van der Waals surface area contributed by atoms with Gasteiger partial charge in [0.05, 0.1) is 11.3 Å². The predicted octanol–water partition coefficient (Wildman–Crippen LogP) is 4.38. The SMILES string of the molecule is C=CCN(CC=C)CC(C)(CC(C)C(=O)OC(C)(C)C)C(=O)OC(C)(C)C. The maximum atomic E-state index is 13.0. The summed E-state index contributed by atoms with van der Waals surface area (Å²) in [6.45, 7) is 23.9. The minimum atomic E-state index is -0.865. The van der Waals surface area contributed by atoms with Crippen molar-refractivity contribution in [2.24, 2.45) is 11.3 Å². The largest absolute Gasteiger partial charge is 0.460 e. The molecule has 0 bridgehead atoms. The third-order valence-electron chi connectivity index (χ3n) is 3.80. The molecule has 0 aromatic heterocycles. The van der Waals surface area contributed by atoms with Crippen molar-refractivity contribution in [1.82, 2.24) is 4.90 Å². The van der Waals surface area contributed by atoms with Gasteiger partial charge in [0.25, 0.3) is 0 Å². The van der Waals surface area contributed by atoms with Crippen LogP contribution in [0.1, 0.15) is 61.8 Å². The zero-order valence-electron chi connectivity index (χ0n) is 18.6. The summed E-state index contributed by atoms with van der Waals surface area (Å²) in [5.74, 6) is -1.06. The lowest BCUT2D eigenvalue weighted by Gasteiger charge is -2.36. The molecule has 0 N–H and O–H groups in total. The van der Waals surface area contributed by atoms with Crippen molar-refractivity contribution in [3.63, 3.8) is 0 Å². The van der Waals surface area contributed by atoms with Crippen LogP contribution in [-0.4, -0.2) is 47.7 Å². The number of hydrogen-bond acceptors (Lipinski definition) is 5. The van der Waals surface area contributed by atoms with Gasteiger partial charge >= 0.3 is 11.9 Å². The molecular weight excluding hydrogens is 342 g/mol. The molecule has 2 unspecified atom stereocenters. The summed E-state index contributed by atoms with van der Waals surface area (Å²) >= 11 is 0. The van der Waals surface area contributed by atoms with Crippen LogP contribution in [0.2, 0.25) is 0 Å². The Kier molecular flexibility index (Phi) is 9.47. The van der Waals surface area contributed by atoms with Crippen molar-refractivity contribution >= 4 is 11.9 Å². The van der Waals surface area contributed by atoms with Crippen molar-refractivity contribution in [3.05, 3.63) is 25.3 Å². The average molecular weight is 382 g/mol. The fraction of sp³-hybridized carbons (Fsp3) is 0.727. The molecule has 0 spiro atoms. The van der Waals surface area contributed by atoms with E-state index in [1.165, 1.54) is 0 Å². The first-order chi connectivity index (χ1) is 12.1. The second-order valence-electron chi connectivity index (χ2n) is 9.47. The van der Waals surface area contributed by atoms with Crippen molar-refractivity contribution < 1.29 is 19.1 Å². The van der Waals surface area contributed by atoms with Gasteiger partial charge < -0.3 is 9.47 Å². The van der Waals surface area contributed by atoms with Crippen LogP contribution < -0.4 is 0 Å². The molecule has 156 valence electrons. The van der Waals surface area contributed by atoms with Gasteiger partial charge in [0, 0.05) is 19.6 Å². The number of rotatable bonds is 10. The first-order valence-corrected chi connectivity index (χ1v) is 9.54. The third kappa shape index (κ3) is 10.3. The second-order valence-corrected chi connectivity index (χ2v) is 9.47. The zero-order chi connectivity index (χ0) is 21.5. The lowest BCUT2D eigenvalue weighted by molar-refractivity contribution is -0.171. The Morgan fingerprint density at radius 1 is 0.926 bits per heavy atom. The van der Waals surface area contributed by atoms with Crippen LogP contribution in [0.15, 0.2) is 25.3 Å². The van der Waals surface area contributed by atoms with E-state index in [1.54, 1.807) is 19.1 Å². The molecule has 0 heterocycles. The zero-order valence-corrected chi connectivity index (χ0v) is 18.6. The van der Waals surface area contributed by atoms with E-state index in [9.17, 15) is 9.59 Å². The van der Waals surface area contributed by atoms with Gasteiger partial charge in [0.1, 0.15) is 11.2 Å². The van der Waals surface area contributed by atoms with Crippen molar-refractivity contribution in [3.8, 4) is 0 Å². The Balaban J connectivity index is 5.55. The molecule has 0 aliphatic heterocycles. The Morgan fingerprint density at radius 2 is 1.37 bits per heavy atom. The summed E-state index contributed by atoms with van der Waals surface area (Å²) in [6, 6.07) is 0. The number of ether oxygens (including phenoxy) is 2. The smallest absolute Gasteiger partial charge is 0.313 e. The molecule has 0 aliphatic carbocycles. The minimum Gasteiger partial charge on any atom is -0.460 e. The molecule has 0 aromatic rings. The molecular formula is C22H39NO4. The summed E-state index contributed by atoms with van der Waals surface area (Å²) in [6.07, 6.45) is 3.91. The van der Waals surface area contributed by atoms with E-state index in [-0.39, 0.29) is 11.9 Å². The molecule has 0 fully saturated rings. The summed E-state index contributed by atoms with van der Waals surface area (Å²) < 4.78 is 11.2. The topological polar surface area (TPSA) is 55.8 Å². The monoisotopic (exact) mass is 381 g/mol. The van der Waals surface area contributed by atoms with Gasteiger partial charge in [-0.3, -0.25) is 14.5 Å². The van der Waals surface area contributed by atoms with Crippen LogP contribution in [0, 0.1) is 11.3 Å². The highest BCUT2D eigenvalue weighted by Gasteiger charge is 2.41. The molecule has 5 heteroatoms. The summed E-state index contributed by atoms with van der Waals surface area (Å²) in [5.41, 5.74) is -2.03. The maximum absolute atomic E-state index is 13.0. The fourth-order valence-corrected chi connectivity index (χ4v) is 2.84. The van der Waals surface area contributed by atoms with Crippen LogP contribution in [0.25, 0.3) is 0 Å². The highest BCUT2D eigenvalue weighted by Crippen LogP contribution is 2.32. The van der Waals surface area contributed by atoms with E-state index in [0.29, 0.717) is 26.1 Å². The molecule has 0 amide bonds. The lowest BCUT2D eigenvalue weighted by atomic mass is 9.80. The van der Waals surface area contributed by atoms with E-state index in [2.05, 4.69) is 18.1 Å². The van der Waals surface area contributed by atoms with Gasteiger partial charge in [-0.05, 0) is 54.9 Å². The predicted molar refractivity (Wildman–Crippen MR) is 110 cm³/mol. The third-order valence-corrected chi connectivity index (χ3v) is 3.80. The number of esters is 2. The van der Waals surface area contributed by atoms with Crippen molar-refractivity contribution in [1.29, 1.82) is 0 Å². The van der Waals surface area contributed by atoms with Gasteiger partial charge in [-0.1, -0.05) is 19.1 Å². The first-order valence-electron chi connectivity index (χ1n) is 9.54. The van der Waals surface area contributed by atoms with E-state index in [1.807, 2.05) is 48.5 Å². The molecule has 0 aromatic carbocycles. The van der Waals surface area contributed by atoms with Crippen molar-refractivity contribution in [2.45, 2.75) is 73.0 Å². The number of nitrogens with zero attached hydrogens (tertiary/aromatic N) is 1. The van der Waals surface area contributed by atoms with E-state index in [0.717, 1.165) is 0 Å². The Labute approximate surface area is 165 Å². The average Bonchev–Trinajstić information content (AvgIpc) is 2.43.